The van der Waals surface area contributed by atoms with Crippen molar-refractivity contribution in [2.45, 2.75) is 20.0 Å². The van der Waals surface area contributed by atoms with Gasteiger partial charge in [-0.2, -0.15) is 5.10 Å². The minimum absolute atomic E-state index is 0.100. The Balaban J connectivity index is 1.76. The van der Waals surface area contributed by atoms with E-state index in [0.29, 0.717) is 15.8 Å². The fraction of sp³-hybridized carbons (Fsp3) is 0.150. The summed E-state index contributed by atoms with van der Waals surface area (Å²) in [5, 5.41) is 16.5. The van der Waals surface area contributed by atoms with Crippen molar-refractivity contribution in [1.29, 1.82) is 0 Å². The van der Waals surface area contributed by atoms with E-state index < -0.39 is 12.2 Å². The lowest BCUT2D eigenvalue weighted by atomic mass is 10.2. The number of amides is 1. The number of halogens is 1. The number of aromatic nitrogens is 5. The number of carboxylic acid groups (broad SMARTS) is 1. The van der Waals surface area contributed by atoms with Gasteiger partial charge >= 0.3 is 6.09 Å². The van der Waals surface area contributed by atoms with Crippen LogP contribution in [-0.2, 0) is 0 Å². The molecule has 30 heavy (non-hydrogen) atoms. The minimum atomic E-state index is -1.23. The molecule has 10 heteroatoms. The molecule has 0 saturated carbocycles. The average Bonchev–Trinajstić information content (AvgIpc) is 3.22. The summed E-state index contributed by atoms with van der Waals surface area (Å²) in [7, 11) is 0. The predicted molar refractivity (Wildman–Crippen MR) is 114 cm³/mol. The van der Waals surface area contributed by atoms with Crippen LogP contribution in [0.3, 0.4) is 0 Å². The van der Waals surface area contributed by atoms with Gasteiger partial charge in [-0.15, -0.1) is 0 Å². The number of nitrogens with one attached hydrogen (secondary N) is 1. The van der Waals surface area contributed by atoms with Gasteiger partial charge in [-0.25, -0.2) is 19.4 Å². The average molecular weight is 469 g/mol. The van der Waals surface area contributed by atoms with Crippen molar-refractivity contribution in [3.63, 3.8) is 0 Å². The van der Waals surface area contributed by atoms with Gasteiger partial charge in [0.1, 0.15) is 16.4 Å². The second-order valence-electron chi connectivity index (χ2n) is 6.53. The van der Waals surface area contributed by atoms with Crippen molar-refractivity contribution in [1.82, 2.24) is 24.7 Å². The van der Waals surface area contributed by atoms with Crippen LogP contribution >= 0.6 is 15.9 Å². The third-order valence-corrected chi connectivity index (χ3v) is 4.78. The number of anilines is 1. The molecule has 0 fully saturated rings. The molecule has 1 amide bonds. The smallest absolute Gasteiger partial charge is 0.410 e. The molecule has 9 nitrogen and oxygen atoms in total. The summed E-state index contributed by atoms with van der Waals surface area (Å²) in [6.07, 6.45) is 3.39. The quantitative estimate of drug-likeness (QED) is 0.413. The lowest BCUT2D eigenvalue weighted by molar-refractivity contribution is 0.207. The number of carbonyl (C=O) groups is 1. The summed E-state index contributed by atoms with van der Waals surface area (Å²) in [6, 6.07) is 9.00. The van der Waals surface area contributed by atoms with Gasteiger partial charge in [0, 0.05) is 29.7 Å². The molecule has 0 radical (unpaired) electrons. The van der Waals surface area contributed by atoms with Crippen molar-refractivity contribution < 1.29 is 14.6 Å². The Morgan fingerprint density at radius 1 is 1.30 bits per heavy atom. The number of rotatable bonds is 5. The summed E-state index contributed by atoms with van der Waals surface area (Å²) >= 11 is 3.39. The lowest BCUT2D eigenvalue weighted by Crippen LogP contribution is -2.14. The van der Waals surface area contributed by atoms with E-state index in [1.165, 1.54) is 0 Å². The van der Waals surface area contributed by atoms with Crippen LogP contribution in [-0.4, -0.2) is 35.9 Å². The molecule has 0 aliphatic carbocycles. The summed E-state index contributed by atoms with van der Waals surface area (Å²) in [5.74, 6) is 0.374. The van der Waals surface area contributed by atoms with Crippen molar-refractivity contribution in [2.75, 3.05) is 5.32 Å². The standard InChI is InChI=1S/C20H17BrN6O3/c1-11-8-14-13(10-22-11)9-16(19(24-14)26-20(28)29)30-12(2)18-15(4-5-17(21)25-18)27-7-3-6-23-27/h3-10,12H,1-2H3,(H,24,26)(H,28,29). The van der Waals surface area contributed by atoms with Gasteiger partial charge in [-0.1, -0.05) is 0 Å². The zero-order valence-electron chi connectivity index (χ0n) is 16.1. The van der Waals surface area contributed by atoms with Crippen LogP contribution in [0, 0.1) is 6.92 Å². The molecule has 4 aromatic heterocycles. The molecule has 1 atom stereocenters. The Morgan fingerprint density at radius 2 is 2.13 bits per heavy atom. The molecule has 4 heterocycles. The number of ether oxygens (including phenoxy) is 1. The summed E-state index contributed by atoms with van der Waals surface area (Å²) in [5.41, 5.74) is 2.76. The van der Waals surface area contributed by atoms with Gasteiger partial charge < -0.3 is 9.84 Å². The van der Waals surface area contributed by atoms with Gasteiger partial charge in [-0.05, 0) is 60.1 Å². The monoisotopic (exact) mass is 468 g/mol. The summed E-state index contributed by atoms with van der Waals surface area (Å²) in [6.45, 7) is 3.66. The largest absolute Gasteiger partial charge is 0.480 e. The number of hydrogen-bond acceptors (Lipinski definition) is 6. The number of hydrogen-bond donors (Lipinski definition) is 2. The zero-order chi connectivity index (χ0) is 21.3. The number of fused-ring (bicyclic) bond motifs is 1. The molecule has 152 valence electrons. The minimum Gasteiger partial charge on any atom is -0.480 e. The molecule has 2 N–H and O–H groups in total. The van der Waals surface area contributed by atoms with Crippen molar-refractivity contribution >= 4 is 38.7 Å². The molecule has 0 aliphatic rings. The lowest BCUT2D eigenvalue weighted by Gasteiger charge is -2.19. The highest BCUT2D eigenvalue weighted by molar-refractivity contribution is 9.10. The molecule has 4 rings (SSSR count). The predicted octanol–water partition coefficient (Wildman–Crippen LogP) is 4.51. The summed E-state index contributed by atoms with van der Waals surface area (Å²) < 4.78 is 8.46. The maximum Gasteiger partial charge on any atom is 0.410 e. The molecule has 4 aromatic rings. The van der Waals surface area contributed by atoms with E-state index in [0.717, 1.165) is 16.8 Å². The molecule has 0 aliphatic heterocycles. The Morgan fingerprint density at radius 3 is 2.87 bits per heavy atom. The normalized spacial score (nSPS) is 12.0. The van der Waals surface area contributed by atoms with Crippen LogP contribution in [0.4, 0.5) is 10.6 Å². The van der Waals surface area contributed by atoms with Crippen LogP contribution in [0.25, 0.3) is 16.6 Å². The molecule has 1 unspecified atom stereocenters. The third kappa shape index (κ3) is 4.08. The Kier molecular flexibility index (Phi) is 5.32. The molecule has 0 aromatic carbocycles. The second kappa shape index (κ2) is 8.07. The van der Waals surface area contributed by atoms with Gasteiger partial charge in [0.15, 0.2) is 11.6 Å². The highest BCUT2D eigenvalue weighted by Gasteiger charge is 2.20. The van der Waals surface area contributed by atoms with E-state index in [4.69, 9.17) is 4.74 Å². The van der Waals surface area contributed by atoms with Gasteiger partial charge in [0.25, 0.3) is 0 Å². The Labute approximate surface area is 179 Å². The van der Waals surface area contributed by atoms with Gasteiger partial charge in [-0.3, -0.25) is 10.3 Å². The fourth-order valence-electron chi connectivity index (χ4n) is 3.02. The van der Waals surface area contributed by atoms with E-state index >= 15 is 0 Å². The van der Waals surface area contributed by atoms with Gasteiger partial charge in [0.05, 0.1) is 11.2 Å². The SMILES string of the molecule is Cc1cc2nc(NC(=O)O)c(OC(C)c3nc(Br)ccc3-n3cccn3)cc2cn1. The van der Waals surface area contributed by atoms with E-state index in [9.17, 15) is 9.90 Å². The first kappa shape index (κ1) is 19.8. The first-order valence-electron chi connectivity index (χ1n) is 9.01. The second-order valence-corrected chi connectivity index (χ2v) is 7.35. The van der Waals surface area contributed by atoms with E-state index in [1.54, 1.807) is 29.2 Å². The van der Waals surface area contributed by atoms with Crippen LogP contribution in [0.1, 0.15) is 24.4 Å². The van der Waals surface area contributed by atoms with E-state index in [1.807, 2.05) is 38.2 Å². The van der Waals surface area contributed by atoms with Crippen molar-refractivity contribution in [3.05, 3.63) is 64.9 Å². The zero-order valence-corrected chi connectivity index (χ0v) is 17.7. The number of aryl methyl sites for hydroxylation is 1. The van der Waals surface area contributed by atoms with Crippen LogP contribution < -0.4 is 10.1 Å². The molecule has 0 bridgehead atoms. The van der Waals surface area contributed by atoms with Crippen LogP contribution in [0.15, 0.2) is 53.5 Å². The first-order chi connectivity index (χ1) is 14.4. The summed E-state index contributed by atoms with van der Waals surface area (Å²) in [4.78, 5) is 24.5. The van der Waals surface area contributed by atoms with E-state index in [-0.39, 0.29) is 11.6 Å². The molecular weight excluding hydrogens is 452 g/mol. The van der Waals surface area contributed by atoms with Crippen LogP contribution in [0.5, 0.6) is 5.75 Å². The van der Waals surface area contributed by atoms with Crippen molar-refractivity contribution in [3.8, 4) is 11.4 Å². The first-order valence-corrected chi connectivity index (χ1v) is 9.80. The van der Waals surface area contributed by atoms with Crippen molar-refractivity contribution in [2.24, 2.45) is 0 Å². The molecule has 0 saturated heterocycles. The highest BCUT2D eigenvalue weighted by Crippen LogP contribution is 2.32. The Hall–Kier alpha value is -3.53. The maximum atomic E-state index is 11.3. The highest BCUT2D eigenvalue weighted by atomic mass is 79.9. The van der Waals surface area contributed by atoms with E-state index in [2.05, 4.69) is 41.3 Å². The maximum absolute atomic E-state index is 11.3. The topological polar surface area (TPSA) is 115 Å². The number of nitrogens with zero attached hydrogens (tertiary/aromatic N) is 5. The number of pyridine rings is 3. The fourth-order valence-corrected chi connectivity index (χ4v) is 3.35. The Bertz CT molecular complexity index is 1230. The van der Waals surface area contributed by atoms with Gasteiger partial charge in [0.2, 0.25) is 0 Å². The molecular formula is C20H17BrN6O3. The molecule has 0 spiro atoms. The van der Waals surface area contributed by atoms with Crippen LogP contribution in [0.2, 0.25) is 0 Å². The third-order valence-electron chi connectivity index (χ3n) is 4.33.